The lowest BCUT2D eigenvalue weighted by atomic mass is 10.0. The zero-order chi connectivity index (χ0) is 11.2. The monoisotopic (exact) mass is 224 g/mol. The van der Waals surface area contributed by atoms with Crippen LogP contribution in [0.3, 0.4) is 0 Å². The summed E-state index contributed by atoms with van der Waals surface area (Å²) in [6.45, 7) is 1.61. The molecule has 16 heavy (non-hydrogen) atoms. The van der Waals surface area contributed by atoms with Gasteiger partial charge in [-0.05, 0) is 37.9 Å². The third-order valence-corrected chi connectivity index (χ3v) is 2.84. The Morgan fingerprint density at radius 3 is 3.19 bits per heavy atom. The van der Waals surface area contributed by atoms with E-state index in [0.717, 1.165) is 13.0 Å². The molecule has 2 heterocycles. The summed E-state index contributed by atoms with van der Waals surface area (Å²) in [5.74, 6) is -0.280. The predicted octanol–water partition coefficient (Wildman–Crippen LogP) is 2.13. The van der Waals surface area contributed by atoms with E-state index >= 15 is 0 Å². The van der Waals surface area contributed by atoms with E-state index in [2.05, 4.69) is 10.3 Å². The van der Waals surface area contributed by atoms with Crippen molar-refractivity contribution in [3.8, 4) is 5.88 Å². The highest BCUT2D eigenvalue weighted by Gasteiger charge is 2.12. The van der Waals surface area contributed by atoms with E-state index in [4.69, 9.17) is 4.74 Å². The minimum Gasteiger partial charge on any atom is -0.476 e. The van der Waals surface area contributed by atoms with E-state index in [0.29, 0.717) is 12.6 Å². The molecule has 1 fully saturated rings. The predicted molar refractivity (Wildman–Crippen MR) is 59.9 cm³/mol. The van der Waals surface area contributed by atoms with Gasteiger partial charge in [0.15, 0.2) is 5.82 Å². The molecule has 0 amide bonds. The summed E-state index contributed by atoms with van der Waals surface area (Å²) >= 11 is 0. The second-order valence-corrected chi connectivity index (χ2v) is 4.07. The molecule has 0 saturated carbocycles. The lowest BCUT2D eigenvalue weighted by molar-refractivity contribution is 0.250. The van der Waals surface area contributed by atoms with Gasteiger partial charge in [-0.2, -0.15) is 0 Å². The van der Waals surface area contributed by atoms with Crippen LogP contribution in [0.2, 0.25) is 0 Å². The number of nitrogens with one attached hydrogen (secondary N) is 1. The molecule has 0 bridgehead atoms. The van der Waals surface area contributed by atoms with Crippen LogP contribution in [0.15, 0.2) is 18.3 Å². The molecule has 0 spiro atoms. The maximum atomic E-state index is 13.2. The van der Waals surface area contributed by atoms with Crippen molar-refractivity contribution in [2.75, 3.05) is 13.2 Å². The van der Waals surface area contributed by atoms with Crippen LogP contribution < -0.4 is 10.1 Å². The first-order chi connectivity index (χ1) is 7.86. The number of piperidine rings is 1. The molecule has 1 aromatic rings. The number of pyridine rings is 1. The Balaban J connectivity index is 1.73. The molecule has 1 unspecified atom stereocenters. The van der Waals surface area contributed by atoms with Crippen LogP contribution in [0.4, 0.5) is 4.39 Å². The number of hydrogen-bond acceptors (Lipinski definition) is 3. The van der Waals surface area contributed by atoms with Crippen molar-refractivity contribution in [2.45, 2.75) is 31.7 Å². The largest absolute Gasteiger partial charge is 0.476 e. The van der Waals surface area contributed by atoms with Crippen LogP contribution in [0.5, 0.6) is 5.88 Å². The van der Waals surface area contributed by atoms with Crippen LogP contribution in [0.1, 0.15) is 25.7 Å². The number of nitrogens with zero attached hydrogens (tertiary/aromatic N) is 1. The minimum atomic E-state index is -0.390. The van der Waals surface area contributed by atoms with Gasteiger partial charge >= 0.3 is 0 Å². The second-order valence-electron chi connectivity index (χ2n) is 4.07. The molecule has 3 nitrogen and oxygen atoms in total. The highest BCUT2D eigenvalue weighted by atomic mass is 19.1. The summed E-state index contributed by atoms with van der Waals surface area (Å²) in [5.41, 5.74) is 0. The van der Waals surface area contributed by atoms with Gasteiger partial charge in [-0.15, -0.1) is 0 Å². The maximum Gasteiger partial charge on any atom is 0.250 e. The number of ether oxygens (including phenoxy) is 1. The molecule has 1 aliphatic heterocycles. The summed E-state index contributed by atoms with van der Waals surface area (Å²) in [6, 6.07) is 3.44. The normalized spacial score (nSPS) is 20.7. The van der Waals surface area contributed by atoms with E-state index in [1.165, 1.54) is 31.5 Å². The van der Waals surface area contributed by atoms with Crippen LogP contribution >= 0.6 is 0 Å². The highest BCUT2D eigenvalue weighted by molar-refractivity contribution is 5.12. The van der Waals surface area contributed by atoms with Crippen LogP contribution in [-0.2, 0) is 0 Å². The van der Waals surface area contributed by atoms with Crippen molar-refractivity contribution in [1.82, 2.24) is 10.3 Å². The lowest BCUT2D eigenvalue weighted by Crippen LogP contribution is -2.35. The van der Waals surface area contributed by atoms with Crippen LogP contribution in [0.25, 0.3) is 0 Å². The Morgan fingerprint density at radius 1 is 1.50 bits per heavy atom. The van der Waals surface area contributed by atoms with E-state index in [1.807, 2.05) is 0 Å². The van der Waals surface area contributed by atoms with Gasteiger partial charge < -0.3 is 10.1 Å². The van der Waals surface area contributed by atoms with Crippen molar-refractivity contribution in [2.24, 2.45) is 0 Å². The van der Waals surface area contributed by atoms with Gasteiger partial charge in [0.1, 0.15) is 0 Å². The third-order valence-electron chi connectivity index (χ3n) is 2.84. The van der Waals surface area contributed by atoms with Crippen molar-refractivity contribution < 1.29 is 9.13 Å². The average Bonchev–Trinajstić information content (AvgIpc) is 2.33. The number of aromatic nitrogens is 1. The molecular weight excluding hydrogens is 207 g/mol. The first-order valence-electron chi connectivity index (χ1n) is 5.83. The molecule has 0 aromatic carbocycles. The Bertz CT molecular complexity index is 327. The summed E-state index contributed by atoms with van der Waals surface area (Å²) in [6.07, 6.45) is 6.17. The van der Waals surface area contributed by atoms with E-state index in [1.54, 1.807) is 6.07 Å². The summed E-state index contributed by atoms with van der Waals surface area (Å²) in [7, 11) is 0. The molecule has 1 aromatic heterocycles. The van der Waals surface area contributed by atoms with Gasteiger partial charge in [0.2, 0.25) is 5.88 Å². The van der Waals surface area contributed by atoms with E-state index in [9.17, 15) is 4.39 Å². The number of halogens is 1. The Labute approximate surface area is 95.0 Å². The number of rotatable bonds is 4. The fourth-order valence-electron chi connectivity index (χ4n) is 1.95. The number of hydrogen-bond donors (Lipinski definition) is 1. The van der Waals surface area contributed by atoms with Gasteiger partial charge in [0, 0.05) is 12.2 Å². The molecule has 2 rings (SSSR count). The summed E-state index contributed by atoms with van der Waals surface area (Å²) < 4.78 is 18.5. The molecule has 1 N–H and O–H groups in total. The average molecular weight is 224 g/mol. The highest BCUT2D eigenvalue weighted by Crippen LogP contribution is 2.14. The van der Waals surface area contributed by atoms with Gasteiger partial charge in [-0.25, -0.2) is 9.37 Å². The Hall–Kier alpha value is -1.16. The van der Waals surface area contributed by atoms with Crippen molar-refractivity contribution in [3.63, 3.8) is 0 Å². The van der Waals surface area contributed by atoms with E-state index in [-0.39, 0.29) is 11.7 Å². The smallest absolute Gasteiger partial charge is 0.250 e. The quantitative estimate of drug-likeness (QED) is 0.850. The fourth-order valence-corrected chi connectivity index (χ4v) is 1.95. The molecule has 1 atom stereocenters. The molecule has 0 radical (unpaired) electrons. The first-order valence-corrected chi connectivity index (χ1v) is 5.83. The SMILES string of the molecule is Fc1cccnc1OCCC1CCCCN1. The third kappa shape index (κ3) is 3.17. The van der Waals surface area contributed by atoms with Gasteiger partial charge in [0.05, 0.1) is 6.61 Å². The molecule has 88 valence electrons. The topological polar surface area (TPSA) is 34.1 Å². The summed E-state index contributed by atoms with van der Waals surface area (Å²) in [5, 5.41) is 3.43. The van der Waals surface area contributed by atoms with Gasteiger partial charge in [-0.3, -0.25) is 0 Å². The molecule has 0 aliphatic carbocycles. The maximum absolute atomic E-state index is 13.2. The van der Waals surface area contributed by atoms with Crippen molar-refractivity contribution >= 4 is 0 Å². The second kappa shape index (κ2) is 5.80. The van der Waals surface area contributed by atoms with Gasteiger partial charge in [0.25, 0.3) is 0 Å². The van der Waals surface area contributed by atoms with Crippen LogP contribution in [-0.4, -0.2) is 24.2 Å². The molecule has 1 aliphatic rings. The molecule has 4 heteroatoms. The lowest BCUT2D eigenvalue weighted by Gasteiger charge is -2.23. The van der Waals surface area contributed by atoms with E-state index < -0.39 is 0 Å². The minimum absolute atomic E-state index is 0.110. The first kappa shape index (κ1) is 11.3. The summed E-state index contributed by atoms with van der Waals surface area (Å²) in [4.78, 5) is 3.84. The van der Waals surface area contributed by atoms with Crippen molar-refractivity contribution in [1.29, 1.82) is 0 Å². The van der Waals surface area contributed by atoms with Crippen molar-refractivity contribution in [3.05, 3.63) is 24.1 Å². The fraction of sp³-hybridized carbons (Fsp3) is 0.583. The Morgan fingerprint density at radius 2 is 2.44 bits per heavy atom. The van der Waals surface area contributed by atoms with Gasteiger partial charge in [-0.1, -0.05) is 6.42 Å². The molecular formula is C12H17FN2O. The molecule has 1 saturated heterocycles. The van der Waals surface area contributed by atoms with Crippen LogP contribution in [0, 0.1) is 5.82 Å². The zero-order valence-electron chi connectivity index (χ0n) is 9.29. The zero-order valence-corrected chi connectivity index (χ0v) is 9.29. The Kier molecular flexibility index (Phi) is 4.10. The standard InChI is InChI=1S/C12H17FN2O/c13-11-5-3-8-15-12(11)16-9-6-10-4-1-2-7-14-10/h3,5,8,10,14H,1-2,4,6-7,9H2.